The van der Waals surface area contributed by atoms with Gasteiger partial charge in [0.1, 0.15) is 0 Å². The van der Waals surface area contributed by atoms with E-state index < -0.39 is 0 Å². The number of amides is 1. The molecule has 0 saturated carbocycles. The fourth-order valence-corrected chi connectivity index (χ4v) is 2.11. The van der Waals surface area contributed by atoms with E-state index in [2.05, 4.69) is 12.2 Å². The van der Waals surface area contributed by atoms with Gasteiger partial charge in [0, 0.05) is 18.6 Å². The van der Waals surface area contributed by atoms with Crippen LogP contribution in [0.4, 0.5) is 0 Å². The molecule has 0 spiro atoms. The Morgan fingerprint density at radius 2 is 2.46 bits per heavy atom. The van der Waals surface area contributed by atoms with E-state index in [1.807, 2.05) is 4.90 Å². The van der Waals surface area contributed by atoms with Crippen LogP contribution in [0.1, 0.15) is 13.3 Å². The lowest BCUT2D eigenvalue weighted by molar-refractivity contribution is -0.132. The summed E-state index contributed by atoms with van der Waals surface area (Å²) >= 11 is 0. The summed E-state index contributed by atoms with van der Waals surface area (Å²) in [5, 5.41) is 3.08. The summed E-state index contributed by atoms with van der Waals surface area (Å²) in [4.78, 5) is 13.4. The van der Waals surface area contributed by atoms with E-state index in [-0.39, 0.29) is 5.91 Å². The highest BCUT2D eigenvalue weighted by atomic mass is 16.5. The van der Waals surface area contributed by atoms with Crippen molar-refractivity contribution in [2.75, 3.05) is 26.4 Å². The molecule has 0 aromatic rings. The van der Waals surface area contributed by atoms with Gasteiger partial charge in [0.15, 0.2) is 0 Å². The smallest absolute Gasteiger partial charge is 0.237 e. The van der Waals surface area contributed by atoms with Crippen molar-refractivity contribution in [1.82, 2.24) is 10.2 Å². The molecule has 4 nitrogen and oxygen atoms in total. The first kappa shape index (κ1) is 8.97. The van der Waals surface area contributed by atoms with Crippen LogP contribution in [-0.4, -0.2) is 43.3 Å². The average Bonchev–Trinajstić information content (AvgIpc) is 2.52. The second-order valence-corrected chi connectivity index (χ2v) is 3.86. The van der Waals surface area contributed by atoms with Crippen molar-refractivity contribution >= 4 is 5.91 Å². The summed E-state index contributed by atoms with van der Waals surface area (Å²) in [5.41, 5.74) is 0. The van der Waals surface area contributed by atoms with E-state index in [0.717, 1.165) is 19.6 Å². The van der Waals surface area contributed by atoms with E-state index in [4.69, 9.17) is 4.74 Å². The Bertz CT molecular complexity index is 208. The summed E-state index contributed by atoms with van der Waals surface area (Å²) in [6.07, 6.45) is 0.981. The van der Waals surface area contributed by atoms with Gasteiger partial charge in [-0.05, 0) is 6.42 Å². The van der Waals surface area contributed by atoms with Gasteiger partial charge in [-0.2, -0.15) is 0 Å². The van der Waals surface area contributed by atoms with Crippen molar-refractivity contribution in [3.63, 3.8) is 0 Å². The molecule has 0 bridgehead atoms. The number of rotatable bonds is 1. The van der Waals surface area contributed by atoms with Gasteiger partial charge in [-0.1, -0.05) is 6.92 Å². The highest BCUT2D eigenvalue weighted by molar-refractivity contribution is 5.80. The predicted molar refractivity (Wildman–Crippen MR) is 48.1 cm³/mol. The van der Waals surface area contributed by atoms with Crippen molar-refractivity contribution in [2.24, 2.45) is 5.92 Å². The molecule has 2 fully saturated rings. The SMILES string of the molecule is CC1COCCC1N1CNCC1=O. The lowest BCUT2D eigenvalue weighted by Crippen LogP contribution is -2.46. The van der Waals surface area contributed by atoms with Crippen LogP contribution in [0.5, 0.6) is 0 Å². The molecule has 1 amide bonds. The van der Waals surface area contributed by atoms with Crippen LogP contribution in [0.25, 0.3) is 0 Å². The van der Waals surface area contributed by atoms with E-state index >= 15 is 0 Å². The summed E-state index contributed by atoms with van der Waals surface area (Å²) in [5.74, 6) is 0.705. The van der Waals surface area contributed by atoms with Crippen LogP contribution in [0.2, 0.25) is 0 Å². The minimum atomic E-state index is 0.235. The monoisotopic (exact) mass is 184 g/mol. The molecular weight excluding hydrogens is 168 g/mol. The Labute approximate surface area is 78.2 Å². The van der Waals surface area contributed by atoms with Gasteiger partial charge in [0.2, 0.25) is 5.91 Å². The summed E-state index contributed by atoms with van der Waals surface area (Å²) in [6, 6.07) is 0.385. The molecule has 74 valence electrons. The van der Waals surface area contributed by atoms with Gasteiger partial charge in [0.05, 0.1) is 19.8 Å². The molecule has 0 aromatic heterocycles. The number of nitrogens with one attached hydrogen (secondary N) is 1. The maximum atomic E-state index is 11.4. The van der Waals surface area contributed by atoms with E-state index in [0.29, 0.717) is 25.2 Å². The normalized spacial score (nSPS) is 35.5. The van der Waals surface area contributed by atoms with Gasteiger partial charge in [0.25, 0.3) is 0 Å². The summed E-state index contributed by atoms with van der Waals surface area (Å²) in [7, 11) is 0. The Morgan fingerprint density at radius 1 is 1.62 bits per heavy atom. The number of hydrogen-bond donors (Lipinski definition) is 1. The zero-order valence-corrected chi connectivity index (χ0v) is 7.95. The predicted octanol–water partition coefficient (Wildman–Crippen LogP) is -0.199. The topological polar surface area (TPSA) is 41.6 Å². The van der Waals surface area contributed by atoms with Crippen LogP contribution in [-0.2, 0) is 9.53 Å². The standard InChI is InChI=1S/C9H16N2O2/c1-7-5-13-3-2-8(7)11-6-10-4-9(11)12/h7-8,10H,2-6H2,1H3. The molecule has 0 aliphatic carbocycles. The van der Waals surface area contributed by atoms with Crippen molar-refractivity contribution in [3.8, 4) is 0 Å². The van der Waals surface area contributed by atoms with Crippen LogP contribution >= 0.6 is 0 Å². The molecule has 4 heteroatoms. The third-order valence-corrected chi connectivity index (χ3v) is 2.87. The second-order valence-electron chi connectivity index (χ2n) is 3.86. The molecule has 2 rings (SSSR count). The van der Waals surface area contributed by atoms with Crippen LogP contribution in [0.3, 0.4) is 0 Å². The Balaban J connectivity index is 2.01. The number of hydrogen-bond acceptors (Lipinski definition) is 3. The molecule has 2 aliphatic rings. The lowest BCUT2D eigenvalue weighted by atomic mass is 9.96. The summed E-state index contributed by atoms with van der Waals surface area (Å²) < 4.78 is 5.35. The quantitative estimate of drug-likeness (QED) is 0.613. The van der Waals surface area contributed by atoms with E-state index in [1.54, 1.807) is 0 Å². The van der Waals surface area contributed by atoms with E-state index in [1.165, 1.54) is 0 Å². The molecule has 2 heterocycles. The second kappa shape index (κ2) is 3.64. The third-order valence-electron chi connectivity index (χ3n) is 2.87. The van der Waals surface area contributed by atoms with Gasteiger partial charge < -0.3 is 9.64 Å². The van der Waals surface area contributed by atoms with Crippen molar-refractivity contribution in [2.45, 2.75) is 19.4 Å². The van der Waals surface area contributed by atoms with Crippen molar-refractivity contribution in [3.05, 3.63) is 0 Å². The Hall–Kier alpha value is -0.610. The fourth-order valence-electron chi connectivity index (χ4n) is 2.11. The maximum absolute atomic E-state index is 11.4. The number of ether oxygens (including phenoxy) is 1. The number of carbonyl (C=O) groups is 1. The number of nitrogens with zero attached hydrogens (tertiary/aromatic N) is 1. The lowest BCUT2D eigenvalue weighted by Gasteiger charge is -2.35. The van der Waals surface area contributed by atoms with E-state index in [9.17, 15) is 4.79 Å². The third kappa shape index (κ3) is 1.69. The van der Waals surface area contributed by atoms with Crippen molar-refractivity contribution in [1.29, 1.82) is 0 Å². The molecule has 13 heavy (non-hydrogen) atoms. The van der Waals surface area contributed by atoms with Gasteiger partial charge >= 0.3 is 0 Å². The van der Waals surface area contributed by atoms with Crippen LogP contribution in [0, 0.1) is 5.92 Å². The highest BCUT2D eigenvalue weighted by Gasteiger charge is 2.32. The maximum Gasteiger partial charge on any atom is 0.237 e. The minimum Gasteiger partial charge on any atom is -0.381 e. The molecule has 0 radical (unpaired) electrons. The van der Waals surface area contributed by atoms with Crippen LogP contribution < -0.4 is 5.32 Å². The Morgan fingerprint density at radius 3 is 3.08 bits per heavy atom. The van der Waals surface area contributed by atoms with Gasteiger partial charge in [-0.15, -0.1) is 0 Å². The van der Waals surface area contributed by atoms with Gasteiger partial charge in [-0.25, -0.2) is 0 Å². The van der Waals surface area contributed by atoms with Gasteiger partial charge in [-0.3, -0.25) is 10.1 Å². The first-order valence-corrected chi connectivity index (χ1v) is 4.87. The highest BCUT2D eigenvalue weighted by Crippen LogP contribution is 2.20. The molecular formula is C9H16N2O2. The van der Waals surface area contributed by atoms with Crippen LogP contribution in [0.15, 0.2) is 0 Å². The molecule has 2 atom stereocenters. The minimum absolute atomic E-state index is 0.235. The first-order chi connectivity index (χ1) is 6.29. The first-order valence-electron chi connectivity index (χ1n) is 4.87. The molecule has 2 saturated heterocycles. The Kier molecular flexibility index (Phi) is 2.51. The fraction of sp³-hybridized carbons (Fsp3) is 0.889. The zero-order valence-electron chi connectivity index (χ0n) is 7.95. The molecule has 1 N–H and O–H groups in total. The van der Waals surface area contributed by atoms with Crippen molar-refractivity contribution < 1.29 is 9.53 Å². The largest absolute Gasteiger partial charge is 0.381 e. The average molecular weight is 184 g/mol. The zero-order chi connectivity index (χ0) is 9.26. The molecule has 2 unspecified atom stereocenters. The molecule has 0 aromatic carbocycles. The summed E-state index contributed by atoms with van der Waals surface area (Å²) in [6.45, 7) is 4.95. The number of carbonyl (C=O) groups excluding carboxylic acids is 1. The molecule has 2 aliphatic heterocycles.